The Hall–Kier alpha value is -0.113. The zero-order chi connectivity index (χ0) is 9.78. The lowest BCUT2D eigenvalue weighted by Gasteiger charge is -2.26. The van der Waals surface area contributed by atoms with Crippen molar-refractivity contribution >= 4 is 8.80 Å². The summed E-state index contributed by atoms with van der Waals surface area (Å²) in [6, 6.07) is 0. The Balaban J connectivity index is 4.46. The lowest BCUT2D eigenvalue weighted by atomic mass is 10.8. The summed E-state index contributed by atoms with van der Waals surface area (Å²) in [5.41, 5.74) is 0. The third-order valence-corrected chi connectivity index (χ3v) is 4.05. The minimum atomic E-state index is -3.80. The van der Waals surface area contributed by atoms with Gasteiger partial charge in [-0.15, -0.1) is 0 Å². The van der Waals surface area contributed by atoms with Crippen molar-refractivity contribution in [2.75, 3.05) is 21.3 Å². The van der Waals surface area contributed by atoms with Crippen LogP contribution in [0.5, 0.6) is 0 Å². The van der Waals surface area contributed by atoms with Crippen molar-refractivity contribution in [2.45, 2.75) is 12.2 Å². The number of rotatable bonds is 5. The van der Waals surface area contributed by atoms with Gasteiger partial charge < -0.3 is 13.3 Å². The first kappa shape index (κ1) is 11.9. The molecule has 0 heterocycles. The highest BCUT2D eigenvalue weighted by Gasteiger charge is 2.53. The fourth-order valence-corrected chi connectivity index (χ4v) is 2.23. The molecule has 0 radical (unpaired) electrons. The van der Waals surface area contributed by atoms with E-state index in [1.807, 2.05) is 0 Å². The molecule has 1 unspecified atom stereocenters. The van der Waals surface area contributed by atoms with Gasteiger partial charge in [-0.1, -0.05) is 0 Å². The summed E-state index contributed by atoms with van der Waals surface area (Å²) in [7, 11) is -0.568. The van der Waals surface area contributed by atoms with E-state index in [4.69, 9.17) is 0 Å². The first-order chi connectivity index (χ1) is 5.54. The van der Waals surface area contributed by atoms with Gasteiger partial charge in [0.05, 0.1) is 0 Å². The summed E-state index contributed by atoms with van der Waals surface area (Å²) < 4.78 is 50.1. The van der Waals surface area contributed by atoms with Gasteiger partial charge in [0.2, 0.25) is 5.79 Å². The summed E-state index contributed by atoms with van der Waals surface area (Å²) in [5, 5.41) is 0. The molecule has 0 aromatic heterocycles. The molecule has 0 aliphatic heterocycles. The molecule has 0 bridgehead atoms. The van der Waals surface area contributed by atoms with E-state index in [0.717, 1.165) is 21.3 Å². The van der Waals surface area contributed by atoms with Crippen molar-refractivity contribution < 1.29 is 26.4 Å². The monoisotopic (exact) mass is 204 g/mol. The molecule has 1 atom stereocenters. The van der Waals surface area contributed by atoms with Gasteiger partial charge in [0, 0.05) is 21.3 Å². The Morgan fingerprint density at radius 1 is 0.917 bits per heavy atom. The third kappa shape index (κ3) is 2.19. The zero-order valence-corrected chi connectivity index (χ0v) is 8.01. The molecule has 0 saturated carbocycles. The molecule has 0 rings (SSSR count). The number of halogens is 3. The maximum atomic E-state index is 12.8. The second kappa shape index (κ2) is 4.80. The summed E-state index contributed by atoms with van der Waals surface area (Å²) in [6.07, 6.45) is -3.16. The second-order valence-electron chi connectivity index (χ2n) is 1.95. The van der Waals surface area contributed by atoms with Crippen LogP contribution in [0.3, 0.4) is 0 Å². The van der Waals surface area contributed by atoms with E-state index in [0.29, 0.717) is 0 Å². The Bertz CT molecular complexity index is 123. The molecule has 3 nitrogen and oxygen atoms in total. The predicted octanol–water partition coefficient (Wildman–Crippen LogP) is 1.01. The molecule has 7 heteroatoms. The predicted molar refractivity (Wildman–Crippen MR) is 37.7 cm³/mol. The van der Waals surface area contributed by atoms with Crippen LogP contribution in [0, 0.1) is 0 Å². The molecule has 0 aliphatic rings. The van der Waals surface area contributed by atoms with Crippen LogP contribution < -0.4 is 0 Å². The summed E-state index contributed by atoms with van der Waals surface area (Å²) in [4.78, 5) is 0. The van der Waals surface area contributed by atoms with Crippen LogP contribution in [0.2, 0.25) is 0 Å². The Kier molecular flexibility index (Phi) is 4.76. The smallest absolute Gasteiger partial charge is 0.375 e. The van der Waals surface area contributed by atoms with Gasteiger partial charge in [-0.25, -0.2) is 13.2 Å². The van der Waals surface area contributed by atoms with Gasteiger partial charge in [0.1, 0.15) is 0 Å². The Morgan fingerprint density at radius 2 is 1.25 bits per heavy atom. The van der Waals surface area contributed by atoms with Crippen molar-refractivity contribution in [3.63, 3.8) is 0 Å². The Morgan fingerprint density at radius 3 is 1.33 bits per heavy atom. The minimum Gasteiger partial charge on any atom is -0.375 e. The molecule has 0 fully saturated rings. The molecule has 0 aromatic rings. The van der Waals surface area contributed by atoms with Crippen molar-refractivity contribution in [3.8, 4) is 0 Å². The van der Waals surface area contributed by atoms with Crippen molar-refractivity contribution in [1.82, 2.24) is 0 Å². The van der Waals surface area contributed by atoms with Gasteiger partial charge in [-0.05, 0) is 0 Å². The maximum absolute atomic E-state index is 12.8. The van der Waals surface area contributed by atoms with Gasteiger partial charge in [0.25, 0.3) is 6.43 Å². The lowest BCUT2D eigenvalue weighted by molar-refractivity contribution is 0.0161. The Labute approximate surface area is 69.8 Å². The van der Waals surface area contributed by atoms with Crippen LogP contribution in [0.15, 0.2) is 0 Å². The zero-order valence-electron chi connectivity index (χ0n) is 7.01. The molecule has 0 amide bonds. The van der Waals surface area contributed by atoms with Gasteiger partial charge >= 0.3 is 8.80 Å². The molecule has 0 N–H and O–H groups in total. The average Bonchev–Trinajstić information content (AvgIpc) is 2.08. The van der Waals surface area contributed by atoms with Crippen molar-refractivity contribution in [1.29, 1.82) is 0 Å². The molecule has 12 heavy (non-hydrogen) atoms. The quantitative estimate of drug-likeness (QED) is 0.625. The standard InChI is InChI=1S/C5H11F3O3Si/c1-9-12(10-2,11-3)5(8)4(6)7/h4-5H,1-3H3. The van der Waals surface area contributed by atoms with E-state index >= 15 is 0 Å². The van der Waals surface area contributed by atoms with Crippen LogP contribution in [0.25, 0.3) is 0 Å². The normalized spacial score (nSPS) is 15.2. The third-order valence-electron chi connectivity index (χ3n) is 1.41. The second-order valence-corrected chi connectivity index (χ2v) is 4.94. The SMILES string of the molecule is CO[Si](OC)(OC)C(F)C(F)F. The number of hydrogen-bond donors (Lipinski definition) is 0. The average molecular weight is 204 g/mol. The molecule has 0 aromatic carbocycles. The minimum absolute atomic E-state index is 1.08. The maximum Gasteiger partial charge on any atom is 0.542 e. The van der Waals surface area contributed by atoms with Crippen molar-refractivity contribution in [2.24, 2.45) is 0 Å². The van der Waals surface area contributed by atoms with E-state index in [2.05, 4.69) is 13.3 Å². The largest absolute Gasteiger partial charge is 0.542 e. The van der Waals surface area contributed by atoms with E-state index in [1.165, 1.54) is 0 Å². The summed E-state index contributed by atoms with van der Waals surface area (Å²) in [5.74, 6) is -2.50. The van der Waals surface area contributed by atoms with Gasteiger partial charge in [-0.3, -0.25) is 0 Å². The van der Waals surface area contributed by atoms with Crippen LogP contribution in [0.1, 0.15) is 0 Å². The molecule has 0 saturated heterocycles. The molecule has 0 spiro atoms. The van der Waals surface area contributed by atoms with Gasteiger partial charge in [-0.2, -0.15) is 0 Å². The van der Waals surface area contributed by atoms with Crippen LogP contribution in [0.4, 0.5) is 13.2 Å². The van der Waals surface area contributed by atoms with Gasteiger partial charge in [0.15, 0.2) is 0 Å². The van der Waals surface area contributed by atoms with E-state index in [9.17, 15) is 13.2 Å². The lowest BCUT2D eigenvalue weighted by Crippen LogP contribution is -2.55. The molecular weight excluding hydrogens is 193 g/mol. The van der Waals surface area contributed by atoms with E-state index in [1.54, 1.807) is 0 Å². The van der Waals surface area contributed by atoms with Crippen LogP contribution in [-0.4, -0.2) is 42.4 Å². The molecular formula is C5H11F3O3Si. The van der Waals surface area contributed by atoms with Crippen LogP contribution >= 0.6 is 0 Å². The van der Waals surface area contributed by atoms with Crippen LogP contribution in [-0.2, 0) is 13.3 Å². The number of alkyl halides is 3. The fourth-order valence-electron chi connectivity index (χ4n) is 0.742. The first-order valence-electron chi connectivity index (χ1n) is 3.11. The molecule has 74 valence electrons. The topological polar surface area (TPSA) is 27.7 Å². The first-order valence-corrected chi connectivity index (χ1v) is 4.92. The highest BCUT2D eigenvalue weighted by molar-refractivity contribution is 6.62. The fraction of sp³-hybridized carbons (Fsp3) is 1.00. The highest BCUT2D eigenvalue weighted by atomic mass is 28.4. The molecule has 0 aliphatic carbocycles. The van der Waals surface area contributed by atoms with E-state index in [-0.39, 0.29) is 0 Å². The highest BCUT2D eigenvalue weighted by Crippen LogP contribution is 2.20. The van der Waals surface area contributed by atoms with E-state index < -0.39 is 21.0 Å². The number of hydrogen-bond acceptors (Lipinski definition) is 3. The van der Waals surface area contributed by atoms with Crippen molar-refractivity contribution in [3.05, 3.63) is 0 Å². The summed E-state index contributed by atoms with van der Waals surface area (Å²) in [6.45, 7) is 0. The summed E-state index contributed by atoms with van der Waals surface area (Å²) >= 11 is 0.